The van der Waals surface area contributed by atoms with Crippen molar-refractivity contribution in [1.82, 2.24) is 0 Å². The molecule has 0 unspecified atom stereocenters. The molecule has 0 aliphatic rings. The van der Waals surface area contributed by atoms with Gasteiger partial charge < -0.3 is 11.5 Å². The normalized spacial score (nSPS) is 9.18. The van der Waals surface area contributed by atoms with Gasteiger partial charge in [-0.05, 0) is 37.1 Å². The third-order valence-corrected chi connectivity index (χ3v) is 2.53. The van der Waals surface area contributed by atoms with Crippen LogP contribution in [0.5, 0.6) is 11.5 Å². The highest BCUT2D eigenvalue weighted by molar-refractivity contribution is 5.71. The third kappa shape index (κ3) is 5.91. The zero-order valence-corrected chi connectivity index (χ0v) is 12.4. The zero-order chi connectivity index (χ0) is 16.5. The van der Waals surface area contributed by atoms with Crippen LogP contribution < -0.4 is 21.1 Å². The van der Waals surface area contributed by atoms with Gasteiger partial charge >= 0.3 is 5.09 Å². The maximum Gasteiger partial charge on any atom is 0.489 e. The van der Waals surface area contributed by atoms with Crippen molar-refractivity contribution in [3.63, 3.8) is 0 Å². The second-order valence-electron chi connectivity index (χ2n) is 4.39. The lowest BCUT2D eigenvalue weighted by Crippen LogP contribution is -2.20. The van der Waals surface area contributed by atoms with Crippen LogP contribution in [0.4, 0.5) is 0 Å². The Bertz CT molecular complexity index is 605. The number of benzene rings is 2. The van der Waals surface area contributed by atoms with Crippen molar-refractivity contribution in [2.45, 2.75) is 13.8 Å². The van der Waals surface area contributed by atoms with E-state index in [-0.39, 0.29) is 11.0 Å². The van der Waals surface area contributed by atoms with E-state index in [1.165, 1.54) is 0 Å². The van der Waals surface area contributed by atoms with Gasteiger partial charge in [-0.15, -0.1) is 9.68 Å². The summed E-state index contributed by atoms with van der Waals surface area (Å²) in [5.41, 5.74) is 10.7. The first-order chi connectivity index (χ1) is 10.4. The number of rotatable bonds is 4. The Morgan fingerprint density at radius 3 is 1.55 bits per heavy atom. The summed E-state index contributed by atoms with van der Waals surface area (Å²) in [6.07, 6.45) is 0. The first kappa shape index (κ1) is 17.0. The fraction of sp³-hybridized carbons (Fsp3) is 0.133. The number of aryl methyl sites for hydroxylation is 2. The quantitative estimate of drug-likeness (QED) is 0.455. The Morgan fingerprint density at radius 2 is 1.23 bits per heavy atom. The van der Waals surface area contributed by atoms with Crippen LogP contribution in [0.25, 0.3) is 0 Å². The largest absolute Gasteiger partial charge is 0.489 e. The summed E-state index contributed by atoms with van der Waals surface area (Å²) in [6, 6.07) is 14.5. The lowest BCUT2D eigenvalue weighted by atomic mass is 10.2. The highest BCUT2D eigenvalue weighted by Gasteiger charge is 2.18. The lowest BCUT2D eigenvalue weighted by molar-refractivity contribution is -0.920. The molecule has 0 spiro atoms. The highest BCUT2D eigenvalue weighted by Crippen LogP contribution is 2.19. The Kier molecular flexibility index (Phi) is 6.36. The van der Waals surface area contributed by atoms with Crippen LogP contribution in [0.15, 0.2) is 48.5 Å². The molecular weight excluding hydrogens is 284 g/mol. The van der Waals surface area contributed by atoms with Gasteiger partial charge in [0.1, 0.15) is 4.91 Å². The van der Waals surface area contributed by atoms with E-state index >= 15 is 0 Å². The summed E-state index contributed by atoms with van der Waals surface area (Å²) in [5.74, 6) is 0.613. The average Bonchev–Trinajstić information content (AvgIpc) is 2.43. The standard InChI is InChI=1S/C14H14NO3.CH5N3/c1-11-7-3-5-9-13(11)17-15(16)18-14-10-6-4-8-12(14)2;2-1(3)4/h3-10H,1-2H3;(H5,2,3,4)/q+1;. The van der Waals surface area contributed by atoms with Gasteiger partial charge in [-0.3, -0.25) is 5.41 Å². The van der Waals surface area contributed by atoms with E-state index < -0.39 is 0 Å². The molecule has 2 aromatic rings. The van der Waals surface area contributed by atoms with Crippen molar-refractivity contribution < 1.29 is 14.8 Å². The number of nitrogens with zero attached hydrogens (tertiary/aromatic N) is 1. The molecule has 0 saturated heterocycles. The number of hydrogen-bond donors (Lipinski definition) is 3. The summed E-state index contributed by atoms with van der Waals surface area (Å²) in [7, 11) is 0. The van der Waals surface area contributed by atoms with Gasteiger partial charge in [0.05, 0.1) is 0 Å². The first-order valence-electron chi connectivity index (χ1n) is 6.44. The van der Waals surface area contributed by atoms with Gasteiger partial charge in [-0.1, -0.05) is 36.4 Å². The van der Waals surface area contributed by atoms with Crippen LogP contribution >= 0.6 is 0 Å². The van der Waals surface area contributed by atoms with Crippen LogP contribution in [0.3, 0.4) is 0 Å². The fourth-order valence-electron chi connectivity index (χ4n) is 1.50. The molecular formula is C15H19N4O3+. The van der Waals surface area contributed by atoms with E-state index in [1.54, 1.807) is 24.3 Å². The average molecular weight is 303 g/mol. The molecule has 0 aliphatic heterocycles. The monoisotopic (exact) mass is 303 g/mol. The Morgan fingerprint density at radius 1 is 0.909 bits per heavy atom. The SMILES string of the molecule is Cc1ccccc1O[N+](=O)Oc1ccccc1C.N=C(N)N. The smallest absolute Gasteiger partial charge is 0.370 e. The number of hydrogen-bond acceptors (Lipinski definition) is 4. The predicted octanol–water partition coefficient (Wildman–Crippen LogP) is 2.21. The van der Waals surface area contributed by atoms with Crippen molar-refractivity contribution >= 4 is 5.96 Å². The molecule has 7 nitrogen and oxygen atoms in total. The van der Waals surface area contributed by atoms with Gasteiger partial charge in [0.25, 0.3) is 0 Å². The molecule has 0 amide bonds. The predicted molar refractivity (Wildman–Crippen MR) is 83.3 cm³/mol. The Balaban J connectivity index is 0.000000541. The van der Waals surface area contributed by atoms with Gasteiger partial charge in [-0.2, -0.15) is 0 Å². The molecule has 0 aliphatic carbocycles. The van der Waals surface area contributed by atoms with Crippen molar-refractivity contribution in [3.05, 3.63) is 64.6 Å². The van der Waals surface area contributed by atoms with Crippen LogP contribution in [0, 0.1) is 24.2 Å². The highest BCUT2D eigenvalue weighted by atomic mass is 17.0. The topological polar surface area (TPSA) is 114 Å². The van der Waals surface area contributed by atoms with Crippen molar-refractivity contribution in [2.75, 3.05) is 0 Å². The van der Waals surface area contributed by atoms with E-state index in [0.717, 1.165) is 11.1 Å². The summed E-state index contributed by atoms with van der Waals surface area (Å²) >= 11 is 0. The molecule has 0 atom stereocenters. The van der Waals surface area contributed by atoms with Crippen LogP contribution in [-0.4, -0.2) is 11.0 Å². The second-order valence-corrected chi connectivity index (χ2v) is 4.39. The van der Waals surface area contributed by atoms with Crippen molar-refractivity contribution in [3.8, 4) is 11.5 Å². The number of para-hydroxylation sites is 2. The maximum absolute atomic E-state index is 11.6. The molecule has 0 fully saturated rings. The minimum Gasteiger partial charge on any atom is -0.370 e. The minimum absolute atomic E-state index is 0.116. The molecule has 0 aromatic heterocycles. The first-order valence-corrected chi connectivity index (χ1v) is 6.44. The molecule has 2 aromatic carbocycles. The zero-order valence-electron chi connectivity index (χ0n) is 12.4. The van der Waals surface area contributed by atoms with Gasteiger partial charge in [0.2, 0.25) is 11.5 Å². The molecule has 22 heavy (non-hydrogen) atoms. The minimum atomic E-state index is -0.333. The third-order valence-electron chi connectivity index (χ3n) is 2.53. The molecule has 0 saturated carbocycles. The molecule has 2 rings (SSSR count). The van der Waals surface area contributed by atoms with Crippen LogP contribution in [-0.2, 0) is 0 Å². The molecule has 5 N–H and O–H groups in total. The van der Waals surface area contributed by atoms with E-state index in [4.69, 9.17) is 15.1 Å². The molecule has 116 valence electrons. The Hall–Kier alpha value is -3.09. The Labute approximate surface area is 128 Å². The van der Waals surface area contributed by atoms with Gasteiger partial charge in [-0.25, -0.2) is 0 Å². The molecule has 0 heterocycles. The fourth-order valence-corrected chi connectivity index (χ4v) is 1.50. The number of nitrogens with one attached hydrogen (secondary N) is 1. The molecule has 0 bridgehead atoms. The number of nitrogens with two attached hydrogens (primary N) is 2. The van der Waals surface area contributed by atoms with Gasteiger partial charge in [0, 0.05) is 0 Å². The summed E-state index contributed by atoms with van der Waals surface area (Å²) in [6.45, 7) is 3.72. The summed E-state index contributed by atoms with van der Waals surface area (Å²) in [5, 5.41) is 6.17. The van der Waals surface area contributed by atoms with Crippen LogP contribution in [0.1, 0.15) is 11.1 Å². The number of guanidine groups is 1. The molecule has 0 radical (unpaired) electrons. The lowest BCUT2D eigenvalue weighted by Gasteiger charge is -1.99. The van der Waals surface area contributed by atoms with Crippen molar-refractivity contribution in [2.24, 2.45) is 11.5 Å². The molecule has 7 heteroatoms. The second kappa shape index (κ2) is 8.25. The van der Waals surface area contributed by atoms with E-state index in [1.807, 2.05) is 38.1 Å². The van der Waals surface area contributed by atoms with Crippen molar-refractivity contribution in [1.29, 1.82) is 5.41 Å². The van der Waals surface area contributed by atoms with E-state index in [2.05, 4.69) is 11.5 Å². The summed E-state index contributed by atoms with van der Waals surface area (Å²) in [4.78, 5) is 21.7. The van der Waals surface area contributed by atoms with Gasteiger partial charge in [0.15, 0.2) is 5.96 Å². The van der Waals surface area contributed by atoms with E-state index in [0.29, 0.717) is 11.5 Å². The summed E-state index contributed by atoms with van der Waals surface area (Å²) < 4.78 is 0. The van der Waals surface area contributed by atoms with Crippen LogP contribution in [0.2, 0.25) is 0 Å². The maximum atomic E-state index is 11.6. The van der Waals surface area contributed by atoms with E-state index in [9.17, 15) is 4.91 Å².